The van der Waals surface area contributed by atoms with Gasteiger partial charge in [-0.25, -0.2) is 9.67 Å². The maximum Gasteiger partial charge on any atom is 0.252 e. The molecular formula is C25H33N5O. The molecule has 0 unspecified atom stereocenters. The third kappa shape index (κ3) is 4.96. The summed E-state index contributed by atoms with van der Waals surface area (Å²) in [6, 6.07) is 10.9. The largest absolute Gasteiger partial charge is 0.349 e. The van der Waals surface area contributed by atoms with E-state index in [1.807, 2.05) is 10.7 Å². The van der Waals surface area contributed by atoms with Gasteiger partial charge < -0.3 is 10.2 Å². The van der Waals surface area contributed by atoms with Crippen LogP contribution in [0.25, 0.3) is 22.3 Å². The summed E-state index contributed by atoms with van der Waals surface area (Å²) in [6.07, 6.45) is 6.29. The number of rotatable bonds is 9. The van der Waals surface area contributed by atoms with E-state index in [0.717, 1.165) is 48.2 Å². The second kappa shape index (κ2) is 9.18. The van der Waals surface area contributed by atoms with Gasteiger partial charge in [0.05, 0.1) is 22.8 Å². The molecule has 0 aliphatic heterocycles. The van der Waals surface area contributed by atoms with E-state index in [1.54, 1.807) is 6.20 Å². The second-order valence-corrected chi connectivity index (χ2v) is 9.01. The highest BCUT2D eigenvalue weighted by atomic mass is 16.1. The molecule has 1 saturated carbocycles. The molecule has 1 aromatic carbocycles. The number of amides is 1. The lowest BCUT2D eigenvalue weighted by molar-refractivity contribution is 0.0952. The van der Waals surface area contributed by atoms with E-state index in [2.05, 4.69) is 67.4 Å². The van der Waals surface area contributed by atoms with Crippen LogP contribution in [-0.2, 0) is 6.54 Å². The first-order valence-electron chi connectivity index (χ1n) is 11.4. The zero-order valence-electron chi connectivity index (χ0n) is 19.1. The van der Waals surface area contributed by atoms with Gasteiger partial charge in [0.15, 0.2) is 5.65 Å². The average Bonchev–Trinajstić information content (AvgIpc) is 3.45. The van der Waals surface area contributed by atoms with Gasteiger partial charge >= 0.3 is 0 Å². The summed E-state index contributed by atoms with van der Waals surface area (Å²) in [5.74, 6) is -0.0325. The first-order chi connectivity index (χ1) is 15.0. The van der Waals surface area contributed by atoms with Crippen LogP contribution in [0.3, 0.4) is 0 Å². The fourth-order valence-corrected chi connectivity index (χ4v) is 3.87. The summed E-state index contributed by atoms with van der Waals surface area (Å²) in [5, 5.41) is 8.46. The molecule has 3 aromatic rings. The van der Waals surface area contributed by atoms with Crippen molar-refractivity contribution < 1.29 is 4.79 Å². The minimum absolute atomic E-state index is 0.0325. The smallest absolute Gasteiger partial charge is 0.252 e. The molecule has 1 amide bonds. The van der Waals surface area contributed by atoms with Crippen molar-refractivity contribution in [3.05, 3.63) is 47.7 Å². The summed E-state index contributed by atoms with van der Waals surface area (Å²) >= 11 is 0. The highest BCUT2D eigenvalue weighted by Gasteiger charge is 2.26. The van der Waals surface area contributed by atoms with E-state index in [1.165, 1.54) is 18.4 Å². The van der Waals surface area contributed by atoms with Gasteiger partial charge in [-0.05, 0) is 64.4 Å². The third-order valence-corrected chi connectivity index (χ3v) is 5.78. The Labute approximate surface area is 184 Å². The maximum atomic E-state index is 13.0. The normalized spacial score (nSPS) is 14.0. The van der Waals surface area contributed by atoms with Gasteiger partial charge in [0.25, 0.3) is 5.91 Å². The predicted molar refractivity (Wildman–Crippen MR) is 125 cm³/mol. The molecule has 1 fully saturated rings. The third-order valence-electron chi connectivity index (χ3n) is 5.78. The number of hydrogen-bond acceptors (Lipinski definition) is 4. The molecule has 0 radical (unpaired) electrons. The first kappa shape index (κ1) is 21.5. The number of nitrogens with one attached hydrogen (secondary N) is 1. The lowest BCUT2D eigenvalue weighted by Gasteiger charge is -2.17. The fourth-order valence-electron chi connectivity index (χ4n) is 3.87. The molecule has 2 heterocycles. The Hall–Kier alpha value is -2.73. The minimum atomic E-state index is -0.0325. The molecule has 4 rings (SSSR count). The zero-order chi connectivity index (χ0) is 22.0. The van der Waals surface area contributed by atoms with Crippen LogP contribution in [0, 0.1) is 0 Å². The summed E-state index contributed by atoms with van der Waals surface area (Å²) in [4.78, 5) is 20.3. The molecule has 0 spiro atoms. The van der Waals surface area contributed by atoms with Gasteiger partial charge in [-0.15, -0.1) is 0 Å². The van der Waals surface area contributed by atoms with E-state index in [-0.39, 0.29) is 11.9 Å². The molecule has 1 aliphatic carbocycles. The number of carbonyl (C=O) groups is 1. The summed E-state index contributed by atoms with van der Waals surface area (Å²) in [7, 11) is 2.16. The molecule has 1 N–H and O–H groups in total. The Morgan fingerprint density at radius 1 is 1.29 bits per heavy atom. The van der Waals surface area contributed by atoms with Gasteiger partial charge in [0.2, 0.25) is 0 Å². The number of unbranched alkanes of at least 4 members (excludes halogenated alkanes) is 1. The number of pyridine rings is 1. The van der Waals surface area contributed by atoms with Crippen molar-refractivity contribution in [3.63, 3.8) is 0 Å². The number of hydrogen-bond donors (Lipinski definition) is 1. The van der Waals surface area contributed by atoms with Crippen LogP contribution in [0.1, 0.15) is 68.4 Å². The molecule has 2 aromatic heterocycles. The predicted octanol–water partition coefficient (Wildman–Crippen LogP) is 4.80. The Morgan fingerprint density at radius 3 is 2.81 bits per heavy atom. The van der Waals surface area contributed by atoms with Crippen LogP contribution in [0.15, 0.2) is 36.5 Å². The van der Waals surface area contributed by atoms with Crippen LogP contribution in [-0.4, -0.2) is 45.2 Å². The summed E-state index contributed by atoms with van der Waals surface area (Å²) < 4.78 is 1.90. The fraction of sp³-hybridized carbons (Fsp3) is 0.480. The highest BCUT2D eigenvalue weighted by Crippen LogP contribution is 2.28. The average molecular weight is 420 g/mol. The SMILES string of the molecule is CCCCN(C)Cc1cccc(-c2cc(C(=O)NC3CC3)c3cnn(C(C)C)c3n2)c1. The second-order valence-electron chi connectivity index (χ2n) is 9.01. The highest BCUT2D eigenvalue weighted by molar-refractivity contribution is 6.06. The van der Waals surface area contributed by atoms with E-state index in [9.17, 15) is 4.79 Å². The van der Waals surface area contributed by atoms with E-state index < -0.39 is 0 Å². The lowest BCUT2D eigenvalue weighted by Crippen LogP contribution is -2.25. The molecule has 0 saturated heterocycles. The number of fused-ring (bicyclic) bond motifs is 1. The number of aromatic nitrogens is 3. The number of benzene rings is 1. The number of nitrogens with zero attached hydrogens (tertiary/aromatic N) is 4. The summed E-state index contributed by atoms with van der Waals surface area (Å²) in [6.45, 7) is 8.36. The van der Waals surface area contributed by atoms with Crippen molar-refractivity contribution in [2.24, 2.45) is 0 Å². The molecule has 6 nitrogen and oxygen atoms in total. The Bertz CT molecular complexity index is 1070. The van der Waals surface area contributed by atoms with Crippen LogP contribution in [0.5, 0.6) is 0 Å². The van der Waals surface area contributed by atoms with Crippen molar-refractivity contribution in [1.29, 1.82) is 0 Å². The molecule has 0 atom stereocenters. The Morgan fingerprint density at radius 2 is 2.10 bits per heavy atom. The molecule has 6 heteroatoms. The summed E-state index contributed by atoms with van der Waals surface area (Å²) in [5.41, 5.74) is 4.51. The first-order valence-corrected chi connectivity index (χ1v) is 11.4. The monoisotopic (exact) mass is 419 g/mol. The Balaban J connectivity index is 1.72. The quantitative estimate of drug-likeness (QED) is 0.541. The van der Waals surface area contributed by atoms with Crippen LogP contribution in [0.4, 0.5) is 0 Å². The van der Waals surface area contributed by atoms with Crippen molar-refractivity contribution in [2.75, 3.05) is 13.6 Å². The van der Waals surface area contributed by atoms with E-state index in [0.29, 0.717) is 11.6 Å². The topological polar surface area (TPSA) is 63.1 Å². The van der Waals surface area contributed by atoms with Crippen LogP contribution in [0.2, 0.25) is 0 Å². The molecule has 164 valence electrons. The van der Waals surface area contributed by atoms with Crippen LogP contribution < -0.4 is 5.32 Å². The lowest BCUT2D eigenvalue weighted by atomic mass is 10.0. The molecular weight excluding hydrogens is 386 g/mol. The molecule has 0 bridgehead atoms. The van der Waals surface area contributed by atoms with Gasteiger partial charge in [0.1, 0.15) is 0 Å². The molecule has 1 aliphatic rings. The van der Waals surface area contributed by atoms with Gasteiger partial charge in [0, 0.05) is 24.2 Å². The standard InChI is InChI=1S/C25H33N5O/c1-5-6-12-29(4)16-18-8-7-9-19(13-18)23-14-21(25(31)27-20-10-11-20)22-15-26-30(17(2)3)24(22)28-23/h7-9,13-15,17,20H,5-6,10-12,16H2,1-4H3,(H,27,31). The van der Waals surface area contributed by atoms with Crippen molar-refractivity contribution in [2.45, 2.75) is 65.1 Å². The van der Waals surface area contributed by atoms with Gasteiger partial charge in [-0.3, -0.25) is 4.79 Å². The molecule has 31 heavy (non-hydrogen) atoms. The maximum absolute atomic E-state index is 13.0. The van der Waals surface area contributed by atoms with E-state index >= 15 is 0 Å². The zero-order valence-corrected chi connectivity index (χ0v) is 19.1. The van der Waals surface area contributed by atoms with Crippen molar-refractivity contribution >= 4 is 16.9 Å². The minimum Gasteiger partial charge on any atom is -0.349 e. The number of carbonyl (C=O) groups excluding carboxylic acids is 1. The van der Waals surface area contributed by atoms with Crippen LogP contribution >= 0.6 is 0 Å². The van der Waals surface area contributed by atoms with E-state index in [4.69, 9.17) is 4.98 Å². The van der Waals surface area contributed by atoms with Gasteiger partial charge in [-0.1, -0.05) is 31.5 Å². The Kier molecular flexibility index (Phi) is 6.37. The van der Waals surface area contributed by atoms with Gasteiger partial charge in [-0.2, -0.15) is 5.10 Å². The van der Waals surface area contributed by atoms with Crippen molar-refractivity contribution in [3.8, 4) is 11.3 Å². The van der Waals surface area contributed by atoms with Crippen molar-refractivity contribution in [1.82, 2.24) is 25.0 Å².